The Kier molecular flexibility index (Phi) is 4.73. The third kappa shape index (κ3) is 3.74. The smallest absolute Gasteiger partial charge is 0.348 e. The molecule has 0 fully saturated rings. The van der Waals surface area contributed by atoms with E-state index in [2.05, 4.69) is 25.5 Å². The summed E-state index contributed by atoms with van der Waals surface area (Å²) in [6, 6.07) is 7.65. The summed E-state index contributed by atoms with van der Waals surface area (Å²) >= 11 is 0. The number of esters is 1. The van der Waals surface area contributed by atoms with Crippen LogP contribution in [0.4, 0.5) is 0 Å². The van der Waals surface area contributed by atoms with Crippen LogP contribution >= 0.6 is 0 Å². The number of methoxy groups -OCH3 is 1. The summed E-state index contributed by atoms with van der Waals surface area (Å²) in [5, 5.41) is 0. The van der Waals surface area contributed by atoms with Crippen molar-refractivity contribution in [1.82, 2.24) is 0 Å². The highest BCUT2D eigenvalue weighted by Gasteiger charge is 2.19. The number of benzene rings is 1. The van der Waals surface area contributed by atoms with Crippen molar-refractivity contribution >= 4 is 5.97 Å². The zero-order chi connectivity index (χ0) is 13.8. The Bertz CT molecular complexity index is 392. The Labute approximate surface area is 108 Å². The van der Waals surface area contributed by atoms with Crippen molar-refractivity contribution in [2.75, 3.05) is 13.7 Å². The van der Waals surface area contributed by atoms with Crippen LogP contribution in [0.3, 0.4) is 0 Å². The van der Waals surface area contributed by atoms with Crippen LogP contribution in [0, 0.1) is 0 Å². The fourth-order valence-electron chi connectivity index (χ4n) is 1.52. The molecule has 1 aromatic carbocycles. The first kappa shape index (κ1) is 14.5. The summed E-state index contributed by atoms with van der Waals surface area (Å²) < 4.78 is 10.1. The van der Waals surface area contributed by atoms with Gasteiger partial charge >= 0.3 is 5.97 Å². The van der Waals surface area contributed by atoms with Crippen molar-refractivity contribution in [2.24, 2.45) is 5.73 Å². The Morgan fingerprint density at radius 1 is 1.28 bits per heavy atom. The van der Waals surface area contributed by atoms with Crippen LogP contribution in [0.5, 0.6) is 5.75 Å². The monoisotopic (exact) mass is 251 g/mol. The standard InChI is InChI=1S/C14H21NO3/c1-14(2,3)10-5-7-11(8-6-10)18-12(9-15)13(16)17-4/h5-8,12H,9,15H2,1-4H3. The highest BCUT2D eigenvalue weighted by molar-refractivity contribution is 5.75. The lowest BCUT2D eigenvalue weighted by atomic mass is 9.87. The van der Waals surface area contributed by atoms with Crippen molar-refractivity contribution in [2.45, 2.75) is 32.3 Å². The molecule has 0 saturated carbocycles. The topological polar surface area (TPSA) is 61.5 Å². The molecule has 0 aromatic heterocycles. The SMILES string of the molecule is COC(=O)C(CN)Oc1ccc(C(C)(C)C)cc1. The van der Waals surface area contributed by atoms with Gasteiger partial charge < -0.3 is 15.2 Å². The minimum atomic E-state index is -0.754. The van der Waals surface area contributed by atoms with E-state index < -0.39 is 12.1 Å². The molecule has 18 heavy (non-hydrogen) atoms. The summed E-state index contributed by atoms with van der Waals surface area (Å²) in [7, 11) is 1.32. The van der Waals surface area contributed by atoms with Crippen molar-refractivity contribution < 1.29 is 14.3 Å². The Balaban J connectivity index is 2.77. The summed E-state index contributed by atoms with van der Waals surface area (Å²) in [5.74, 6) is 0.154. The first-order chi connectivity index (χ1) is 8.38. The average molecular weight is 251 g/mol. The van der Waals surface area contributed by atoms with Gasteiger partial charge in [0, 0.05) is 6.54 Å². The molecule has 0 aliphatic heterocycles. The molecule has 1 unspecified atom stereocenters. The average Bonchev–Trinajstić information content (AvgIpc) is 2.34. The number of rotatable bonds is 4. The molecule has 4 nitrogen and oxygen atoms in total. The van der Waals surface area contributed by atoms with Gasteiger partial charge in [0.05, 0.1) is 7.11 Å². The number of hydrogen-bond acceptors (Lipinski definition) is 4. The van der Waals surface area contributed by atoms with E-state index in [4.69, 9.17) is 10.5 Å². The van der Waals surface area contributed by atoms with Crippen LogP contribution in [0.15, 0.2) is 24.3 Å². The largest absolute Gasteiger partial charge is 0.477 e. The molecule has 0 saturated heterocycles. The Morgan fingerprint density at radius 2 is 1.83 bits per heavy atom. The van der Waals surface area contributed by atoms with Crippen LogP contribution in [-0.2, 0) is 14.9 Å². The zero-order valence-corrected chi connectivity index (χ0v) is 11.4. The maximum absolute atomic E-state index is 11.3. The predicted molar refractivity (Wildman–Crippen MR) is 70.6 cm³/mol. The van der Waals surface area contributed by atoms with Crippen LogP contribution in [0.1, 0.15) is 26.3 Å². The second-order valence-electron chi connectivity index (χ2n) is 5.14. The van der Waals surface area contributed by atoms with Gasteiger partial charge in [-0.15, -0.1) is 0 Å². The van der Waals surface area contributed by atoms with E-state index in [-0.39, 0.29) is 12.0 Å². The van der Waals surface area contributed by atoms with Crippen molar-refractivity contribution in [3.63, 3.8) is 0 Å². The molecule has 1 rings (SSSR count). The quantitative estimate of drug-likeness (QED) is 0.830. The molecule has 4 heteroatoms. The number of ether oxygens (including phenoxy) is 2. The molecule has 0 heterocycles. The molecule has 0 spiro atoms. The molecule has 1 aromatic rings. The lowest BCUT2D eigenvalue weighted by molar-refractivity contribution is -0.148. The molecule has 0 radical (unpaired) electrons. The van der Waals surface area contributed by atoms with Crippen molar-refractivity contribution in [3.8, 4) is 5.75 Å². The summed E-state index contributed by atoms with van der Waals surface area (Å²) in [6.07, 6.45) is -0.754. The molecule has 0 aliphatic carbocycles. The van der Waals surface area contributed by atoms with Gasteiger partial charge in [-0.1, -0.05) is 32.9 Å². The minimum absolute atomic E-state index is 0.0910. The normalized spacial score (nSPS) is 12.9. The highest BCUT2D eigenvalue weighted by Crippen LogP contribution is 2.24. The van der Waals surface area contributed by atoms with Gasteiger partial charge in [-0.05, 0) is 23.1 Å². The molecular formula is C14H21NO3. The van der Waals surface area contributed by atoms with Gasteiger partial charge in [0.1, 0.15) is 5.75 Å². The number of carbonyl (C=O) groups is 1. The van der Waals surface area contributed by atoms with Crippen LogP contribution < -0.4 is 10.5 Å². The van der Waals surface area contributed by atoms with Crippen molar-refractivity contribution in [1.29, 1.82) is 0 Å². The molecule has 0 aliphatic rings. The summed E-state index contributed by atoms with van der Waals surface area (Å²) in [5.41, 5.74) is 6.77. The molecule has 2 N–H and O–H groups in total. The Morgan fingerprint density at radius 3 is 2.22 bits per heavy atom. The fourth-order valence-corrected chi connectivity index (χ4v) is 1.52. The lowest BCUT2D eigenvalue weighted by Gasteiger charge is -2.20. The van der Waals surface area contributed by atoms with E-state index in [1.54, 1.807) is 0 Å². The van der Waals surface area contributed by atoms with Gasteiger partial charge in [0.2, 0.25) is 6.10 Å². The van der Waals surface area contributed by atoms with E-state index in [0.29, 0.717) is 5.75 Å². The van der Waals surface area contributed by atoms with E-state index in [0.717, 1.165) is 0 Å². The highest BCUT2D eigenvalue weighted by atomic mass is 16.6. The van der Waals surface area contributed by atoms with Gasteiger partial charge in [-0.25, -0.2) is 4.79 Å². The molecule has 100 valence electrons. The second kappa shape index (κ2) is 5.87. The summed E-state index contributed by atoms with van der Waals surface area (Å²) in [6.45, 7) is 6.51. The molecular weight excluding hydrogens is 230 g/mol. The molecule has 1 atom stereocenters. The van der Waals surface area contributed by atoms with Gasteiger partial charge in [-0.2, -0.15) is 0 Å². The first-order valence-electron chi connectivity index (χ1n) is 5.93. The third-order valence-electron chi connectivity index (χ3n) is 2.68. The van der Waals surface area contributed by atoms with E-state index in [1.807, 2.05) is 24.3 Å². The van der Waals surface area contributed by atoms with E-state index in [1.165, 1.54) is 12.7 Å². The van der Waals surface area contributed by atoms with E-state index >= 15 is 0 Å². The van der Waals surface area contributed by atoms with Crippen LogP contribution in [0.25, 0.3) is 0 Å². The first-order valence-corrected chi connectivity index (χ1v) is 5.93. The maximum atomic E-state index is 11.3. The fraction of sp³-hybridized carbons (Fsp3) is 0.500. The maximum Gasteiger partial charge on any atom is 0.348 e. The van der Waals surface area contributed by atoms with Crippen LogP contribution in [0.2, 0.25) is 0 Å². The number of nitrogens with two attached hydrogens (primary N) is 1. The predicted octanol–water partition coefficient (Wildman–Crippen LogP) is 1.86. The van der Waals surface area contributed by atoms with Gasteiger partial charge in [-0.3, -0.25) is 0 Å². The van der Waals surface area contributed by atoms with E-state index in [9.17, 15) is 4.79 Å². The molecule has 0 amide bonds. The van der Waals surface area contributed by atoms with Gasteiger partial charge in [0.15, 0.2) is 0 Å². The van der Waals surface area contributed by atoms with Gasteiger partial charge in [0.25, 0.3) is 0 Å². The third-order valence-corrected chi connectivity index (χ3v) is 2.68. The minimum Gasteiger partial charge on any atom is -0.477 e. The van der Waals surface area contributed by atoms with Crippen LogP contribution in [-0.4, -0.2) is 25.7 Å². The Hall–Kier alpha value is -1.55. The number of hydrogen-bond donors (Lipinski definition) is 1. The number of carbonyl (C=O) groups excluding carboxylic acids is 1. The van der Waals surface area contributed by atoms with Crippen molar-refractivity contribution in [3.05, 3.63) is 29.8 Å². The zero-order valence-electron chi connectivity index (χ0n) is 11.4. The lowest BCUT2D eigenvalue weighted by Crippen LogP contribution is -2.35. The summed E-state index contributed by atoms with van der Waals surface area (Å²) in [4.78, 5) is 11.3. The molecule has 0 bridgehead atoms. The second-order valence-corrected chi connectivity index (χ2v) is 5.14.